The Morgan fingerprint density at radius 2 is 2.14 bits per heavy atom. The first-order valence-electron chi connectivity index (χ1n) is 7.72. The molecule has 0 saturated carbocycles. The number of hydrogen-bond acceptors (Lipinski definition) is 3. The van der Waals surface area contributed by atoms with Crippen molar-refractivity contribution in [1.29, 1.82) is 0 Å². The molecule has 0 unspecified atom stereocenters. The summed E-state index contributed by atoms with van der Waals surface area (Å²) in [6, 6.07) is 1.76. The third-order valence-corrected chi connectivity index (χ3v) is 3.97. The summed E-state index contributed by atoms with van der Waals surface area (Å²) in [5, 5.41) is 6.41. The minimum absolute atomic E-state index is 0.0744. The Balaban J connectivity index is 1.71. The Kier molecular flexibility index (Phi) is 6.27. The van der Waals surface area contributed by atoms with Gasteiger partial charge in [-0.2, -0.15) is 0 Å². The van der Waals surface area contributed by atoms with Crippen LogP contribution in [-0.2, 0) is 4.79 Å². The van der Waals surface area contributed by atoms with Crippen LogP contribution < -0.4 is 10.6 Å². The zero-order valence-electron chi connectivity index (χ0n) is 12.8. The lowest BCUT2D eigenvalue weighted by atomic mass is 10.0. The van der Waals surface area contributed by atoms with E-state index >= 15 is 0 Å². The van der Waals surface area contributed by atoms with Gasteiger partial charge in [-0.3, -0.25) is 14.5 Å². The molecule has 0 atom stereocenters. The Labute approximate surface area is 135 Å². The van der Waals surface area contributed by atoms with Crippen molar-refractivity contribution in [3.63, 3.8) is 0 Å². The molecule has 1 aliphatic heterocycles. The van der Waals surface area contributed by atoms with Crippen LogP contribution in [-0.4, -0.2) is 53.9 Å². The van der Waals surface area contributed by atoms with E-state index in [0.29, 0.717) is 17.3 Å². The van der Waals surface area contributed by atoms with Crippen LogP contribution in [0.2, 0.25) is 5.02 Å². The lowest BCUT2D eigenvalue weighted by Crippen LogP contribution is -2.47. The summed E-state index contributed by atoms with van der Waals surface area (Å²) >= 11 is 5.80. The molecule has 22 heavy (non-hydrogen) atoms. The lowest BCUT2D eigenvalue weighted by Gasteiger charge is -2.31. The summed E-state index contributed by atoms with van der Waals surface area (Å²) in [5.41, 5.74) is 0.478. The number of rotatable bonds is 6. The lowest BCUT2D eigenvalue weighted by molar-refractivity contribution is -0.122. The smallest absolute Gasteiger partial charge is 0.267 e. The zero-order chi connectivity index (χ0) is 15.9. The van der Waals surface area contributed by atoms with Crippen LogP contribution in [0.25, 0.3) is 0 Å². The average molecular weight is 327 g/mol. The number of H-pyrrole nitrogens is 1. The maximum Gasteiger partial charge on any atom is 0.267 e. The topological polar surface area (TPSA) is 77.2 Å². The van der Waals surface area contributed by atoms with Crippen LogP contribution in [0, 0.1) is 0 Å². The van der Waals surface area contributed by atoms with Gasteiger partial charge >= 0.3 is 0 Å². The van der Waals surface area contributed by atoms with E-state index in [1.165, 1.54) is 0 Å². The van der Waals surface area contributed by atoms with Gasteiger partial charge in [-0.25, -0.2) is 0 Å². The number of aromatic nitrogens is 1. The van der Waals surface area contributed by atoms with Crippen molar-refractivity contribution in [1.82, 2.24) is 20.5 Å². The first-order chi connectivity index (χ1) is 10.6. The third-order valence-electron chi connectivity index (χ3n) is 3.75. The summed E-state index contributed by atoms with van der Waals surface area (Å²) < 4.78 is 0. The van der Waals surface area contributed by atoms with E-state index in [4.69, 9.17) is 11.6 Å². The van der Waals surface area contributed by atoms with Crippen molar-refractivity contribution in [2.24, 2.45) is 0 Å². The van der Waals surface area contributed by atoms with Crippen molar-refractivity contribution < 1.29 is 9.59 Å². The molecule has 1 aliphatic rings. The molecule has 0 aliphatic carbocycles. The molecule has 2 amide bonds. The third kappa shape index (κ3) is 5.03. The summed E-state index contributed by atoms with van der Waals surface area (Å²) in [6.07, 6.45) is 4.24. The van der Waals surface area contributed by atoms with Crippen molar-refractivity contribution >= 4 is 23.4 Å². The van der Waals surface area contributed by atoms with Crippen LogP contribution in [0.1, 0.15) is 36.7 Å². The summed E-state index contributed by atoms with van der Waals surface area (Å²) in [5.74, 6) is -0.0589. The number of amides is 2. The number of aromatic amines is 1. The second kappa shape index (κ2) is 8.19. The van der Waals surface area contributed by atoms with Crippen molar-refractivity contribution in [2.75, 3.05) is 26.2 Å². The number of nitrogens with one attached hydrogen (secondary N) is 3. The van der Waals surface area contributed by atoms with Crippen LogP contribution in [0.4, 0.5) is 0 Å². The Morgan fingerprint density at radius 3 is 2.73 bits per heavy atom. The van der Waals surface area contributed by atoms with E-state index in [0.717, 1.165) is 38.9 Å². The standard InChI is InChI=1S/C15H23ClN4O2/c1-2-5-17-14(21)10-20-6-3-12(4-7-20)19-15(22)13-8-11(16)9-18-13/h8-9,12,18H,2-7,10H2,1H3,(H,17,21)(H,19,22). The minimum atomic E-state index is -0.133. The maximum atomic E-state index is 12.0. The van der Waals surface area contributed by atoms with Gasteiger partial charge in [0.2, 0.25) is 5.91 Å². The van der Waals surface area contributed by atoms with Gasteiger partial charge in [0, 0.05) is 31.9 Å². The highest BCUT2D eigenvalue weighted by molar-refractivity contribution is 6.30. The SMILES string of the molecule is CCCNC(=O)CN1CCC(NC(=O)c2cc(Cl)c[nH]2)CC1. The molecule has 1 saturated heterocycles. The predicted octanol–water partition coefficient (Wildman–Crippen LogP) is 1.39. The number of nitrogens with zero attached hydrogens (tertiary/aromatic N) is 1. The van der Waals surface area contributed by atoms with E-state index in [1.807, 2.05) is 6.92 Å². The molecule has 7 heteroatoms. The maximum absolute atomic E-state index is 12.0. The number of carbonyl (C=O) groups excluding carboxylic acids is 2. The second-order valence-corrected chi connectivity index (χ2v) is 6.04. The van der Waals surface area contributed by atoms with Crippen molar-refractivity contribution in [2.45, 2.75) is 32.2 Å². The number of carbonyl (C=O) groups is 2. The van der Waals surface area contributed by atoms with Gasteiger partial charge < -0.3 is 15.6 Å². The van der Waals surface area contributed by atoms with Gasteiger partial charge in [-0.15, -0.1) is 0 Å². The fraction of sp³-hybridized carbons (Fsp3) is 0.600. The van der Waals surface area contributed by atoms with E-state index in [9.17, 15) is 9.59 Å². The fourth-order valence-electron chi connectivity index (χ4n) is 2.52. The van der Waals surface area contributed by atoms with Crippen LogP contribution >= 0.6 is 11.6 Å². The van der Waals surface area contributed by atoms with E-state index in [-0.39, 0.29) is 17.9 Å². The van der Waals surface area contributed by atoms with Crippen LogP contribution in [0.3, 0.4) is 0 Å². The largest absolute Gasteiger partial charge is 0.356 e. The highest BCUT2D eigenvalue weighted by Gasteiger charge is 2.22. The monoisotopic (exact) mass is 326 g/mol. The molecule has 0 radical (unpaired) electrons. The predicted molar refractivity (Wildman–Crippen MR) is 86.0 cm³/mol. The molecule has 122 valence electrons. The molecule has 2 heterocycles. The van der Waals surface area contributed by atoms with E-state index < -0.39 is 0 Å². The normalized spacial score (nSPS) is 16.5. The van der Waals surface area contributed by atoms with Crippen LogP contribution in [0.5, 0.6) is 0 Å². The number of piperidine rings is 1. The molecule has 6 nitrogen and oxygen atoms in total. The van der Waals surface area contributed by atoms with Gasteiger partial charge in [0.15, 0.2) is 0 Å². The molecule has 1 aromatic rings. The summed E-state index contributed by atoms with van der Waals surface area (Å²) in [7, 11) is 0. The first-order valence-corrected chi connectivity index (χ1v) is 8.10. The molecule has 3 N–H and O–H groups in total. The Hall–Kier alpha value is -1.53. The Bertz CT molecular complexity index is 509. The van der Waals surface area contributed by atoms with Gasteiger partial charge in [-0.05, 0) is 25.3 Å². The number of likely N-dealkylation sites (tertiary alicyclic amines) is 1. The van der Waals surface area contributed by atoms with Crippen LogP contribution in [0.15, 0.2) is 12.3 Å². The molecule has 1 aromatic heterocycles. The van der Waals surface area contributed by atoms with E-state index in [1.54, 1.807) is 12.3 Å². The number of hydrogen-bond donors (Lipinski definition) is 3. The van der Waals surface area contributed by atoms with Gasteiger partial charge in [0.1, 0.15) is 5.69 Å². The first kappa shape index (κ1) is 16.8. The second-order valence-electron chi connectivity index (χ2n) is 5.61. The number of halogens is 1. The zero-order valence-corrected chi connectivity index (χ0v) is 13.6. The van der Waals surface area contributed by atoms with Gasteiger partial charge in [0.25, 0.3) is 5.91 Å². The molecule has 0 spiro atoms. The molecule has 0 aromatic carbocycles. The molecular formula is C15H23ClN4O2. The molecular weight excluding hydrogens is 304 g/mol. The Morgan fingerprint density at radius 1 is 1.41 bits per heavy atom. The summed E-state index contributed by atoms with van der Waals surface area (Å²) in [6.45, 7) is 4.83. The van der Waals surface area contributed by atoms with Gasteiger partial charge in [0.05, 0.1) is 11.6 Å². The highest BCUT2D eigenvalue weighted by atomic mass is 35.5. The van der Waals surface area contributed by atoms with Crippen molar-refractivity contribution in [3.05, 3.63) is 23.0 Å². The fourth-order valence-corrected chi connectivity index (χ4v) is 2.68. The van der Waals surface area contributed by atoms with E-state index in [2.05, 4.69) is 20.5 Å². The average Bonchev–Trinajstić information content (AvgIpc) is 2.94. The van der Waals surface area contributed by atoms with Crippen molar-refractivity contribution in [3.8, 4) is 0 Å². The molecule has 1 fully saturated rings. The summed E-state index contributed by atoms with van der Waals surface area (Å²) in [4.78, 5) is 28.7. The minimum Gasteiger partial charge on any atom is -0.356 e. The van der Waals surface area contributed by atoms with Gasteiger partial charge in [-0.1, -0.05) is 18.5 Å². The molecule has 0 bridgehead atoms. The quantitative estimate of drug-likeness (QED) is 0.739. The molecule has 2 rings (SSSR count). The highest BCUT2D eigenvalue weighted by Crippen LogP contribution is 2.13.